The van der Waals surface area contributed by atoms with Crippen molar-refractivity contribution < 1.29 is 19.1 Å². The molecule has 1 N–H and O–H groups in total. The largest absolute Gasteiger partial charge is 0.494 e. The van der Waals surface area contributed by atoms with Crippen LogP contribution in [0, 0.1) is 6.92 Å². The highest BCUT2D eigenvalue weighted by Crippen LogP contribution is 2.27. The van der Waals surface area contributed by atoms with E-state index in [9.17, 15) is 9.59 Å². The van der Waals surface area contributed by atoms with E-state index >= 15 is 0 Å². The van der Waals surface area contributed by atoms with Gasteiger partial charge in [-0.1, -0.05) is 61.4 Å². The predicted molar refractivity (Wildman–Crippen MR) is 142 cm³/mol. The molecule has 0 spiro atoms. The Morgan fingerprint density at radius 2 is 1.61 bits per heavy atom. The Labute approximate surface area is 210 Å². The fourth-order valence-corrected chi connectivity index (χ4v) is 3.60. The maximum atomic E-state index is 12.7. The number of unbranched alkanes of at least 4 members (excludes halogenated alkanes) is 1. The molecular formula is C30H28N2O4. The summed E-state index contributed by atoms with van der Waals surface area (Å²) in [6.07, 6.45) is 3.54. The van der Waals surface area contributed by atoms with Crippen LogP contribution in [-0.2, 0) is 0 Å². The molecule has 0 fully saturated rings. The molecule has 0 aromatic heterocycles. The second kappa shape index (κ2) is 11.8. The van der Waals surface area contributed by atoms with Gasteiger partial charge in [0.15, 0.2) is 0 Å². The number of fused-ring (bicyclic) bond motifs is 1. The van der Waals surface area contributed by atoms with E-state index in [-0.39, 0.29) is 5.91 Å². The summed E-state index contributed by atoms with van der Waals surface area (Å²) in [6, 6.07) is 25.4. The lowest BCUT2D eigenvalue weighted by atomic mass is 10.0. The molecule has 0 atom stereocenters. The molecule has 0 aliphatic rings. The number of aryl methyl sites for hydroxylation is 1. The van der Waals surface area contributed by atoms with Gasteiger partial charge in [-0.25, -0.2) is 10.2 Å². The Kier molecular flexibility index (Phi) is 8.08. The number of nitrogens with zero attached hydrogens (tertiary/aromatic N) is 1. The molecule has 6 nitrogen and oxygen atoms in total. The van der Waals surface area contributed by atoms with E-state index in [1.807, 2.05) is 49.4 Å². The summed E-state index contributed by atoms with van der Waals surface area (Å²) in [5.41, 5.74) is 5.11. The van der Waals surface area contributed by atoms with Gasteiger partial charge < -0.3 is 9.47 Å². The molecule has 182 valence electrons. The van der Waals surface area contributed by atoms with Crippen molar-refractivity contribution >= 4 is 28.9 Å². The topological polar surface area (TPSA) is 77.0 Å². The van der Waals surface area contributed by atoms with Gasteiger partial charge in [-0.2, -0.15) is 5.10 Å². The van der Waals surface area contributed by atoms with Crippen LogP contribution in [0.3, 0.4) is 0 Å². The van der Waals surface area contributed by atoms with Crippen molar-refractivity contribution in [2.75, 3.05) is 6.61 Å². The molecule has 36 heavy (non-hydrogen) atoms. The molecule has 4 aromatic carbocycles. The third kappa shape index (κ3) is 6.16. The smallest absolute Gasteiger partial charge is 0.343 e. The van der Waals surface area contributed by atoms with Crippen LogP contribution in [0.5, 0.6) is 11.5 Å². The molecule has 0 radical (unpaired) electrons. The number of hydrogen-bond donors (Lipinski definition) is 1. The molecule has 4 rings (SSSR count). The highest BCUT2D eigenvalue weighted by molar-refractivity contribution is 6.04. The summed E-state index contributed by atoms with van der Waals surface area (Å²) < 4.78 is 11.4. The summed E-state index contributed by atoms with van der Waals surface area (Å²) >= 11 is 0. The number of hydrogen-bond acceptors (Lipinski definition) is 5. The third-order valence-corrected chi connectivity index (χ3v) is 5.66. The minimum absolute atomic E-state index is 0.353. The number of benzene rings is 4. The predicted octanol–water partition coefficient (Wildman–Crippen LogP) is 6.31. The van der Waals surface area contributed by atoms with Gasteiger partial charge in [0.2, 0.25) is 0 Å². The number of nitrogens with one attached hydrogen (secondary N) is 1. The van der Waals surface area contributed by atoms with Crippen molar-refractivity contribution in [3.05, 3.63) is 107 Å². The van der Waals surface area contributed by atoms with Crippen LogP contribution in [0.4, 0.5) is 0 Å². The van der Waals surface area contributed by atoms with E-state index < -0.39 is 5.97 Å². The third-order valence-electron chi connectivity index (χ3n) is 5.66. The first-order valence-corrected chi connectivity index (χ1v) is 11.9. The second-order valence-corrected chi connectivity index (χ2v) is 8.38. The van der Waals surface area contributed by atoms with Crippen LogP contribution in [0.1, 0.15) is 51.6 Å². The lowest BCUT2D eigenvalue weighted by molar-refractivity contribution is 0.0734. The SMILES string of the molecule is CCCCOc1ccc(C(=O)NN=Cc2c(OC(=O)c3ccc(C)cc3)ccc3ccccc23)cc1. The Morgan fingerprint density at radius 3 is 2.36 bits per heavy atom. The number of amides is 1. The lowest BCUT2D eigenvalue weighted by Crippen LogP contribution is -2.17. The highest BCUT2D eigenvalue weighted by atomic mass is 16.5. The van der Waals surface area contributed by atoms with E-state index in [1.54, 1.807) is 42.5 Å². The Balaban J connectivity index is 1.51. The summed E-state index contributed by atoms with van der Waals surface area (Å²) in [4.78, 5) is 25.3. The van der Waals surface area contributed by atoms with Gasteiger partial charge in [0.25, 0.3) is 5.91 Å². The molecule has 0 unspecified atom stereocenters. The Bertz CT molecular complexity index is 1380. The van der Waals surface area contributed by atoms with Crippen LogP contribution >= 0.6 is 0 Å². The number of carbonyl (C=O) groups excluding carboxylic acids is 2. The van der Waals surface area contributed by atoms with Crippen LogP contribution < -0.4 is 14.9 Å². The minimum Gasteiger partial charge on any atom is -0.494 e. The van der Waals surface area contributed by atoms with Crippen molar-refractivity contribution in [1.82, 2.24) is 5.43 Å². The average molecular weight is 481 g/mol. The van der Waals surface area contributed by atoms with E-state index in [0.717, 1.165) is 34.9 Å². The normalized spacial score (nSPS) is 10.9. The number of esters is 1. The van der Waals surface area contributed by atoms with Gasteiger partial charge in [0, 0.05) is 11.1 Å². The molecule has 0 saturated heterocycles. The first-order chi connectivity index (χ1) is 17.5. The molecular weight excluding hydrogens is 452 g/mol. The molecule has 0 aliphatic heterocycles. The zero-order chi connectivity index (χ0) is 25.3. The van der Waals surface area contributed by atoms with Crippen molar-refractivity contribution in [3.63, 3.8) is 0 Å². The molecule has 6 heteroatoms. The van der Waals surface area contributed by atoms with Gasteiger partial charge in [-0.05, 0) is 66.6 Å². The van der Waals surface area contributed by atoms with Crippen molar-refractivity contribution in [2.45, 2.75) is 26.7 Å². The zero-order valence-corrected chi connectivity index (χ0v) is 20.4. The van der Waals surface area contributed by atoms with Crippen LogP contribution in [-0.4, -0.2) is 24.7 Å². The molecule has 0 aliphatic carbocycles. The number of carbonyl (C=O) groups is 2. The highest BCUT2D eigenvalue weighted by Gasteiger charge is 2.14. The van der Waals surface area contributed by atoms with Crippen molar-refractivity contribution in [1.29, 1.82) is 0 Å². The van der Waals surface area contributed by atoms with E-state index in [1.165, 1.54) is 6.21 Å². The fraction of sp³-hybridized carbons (Fsp3) is 0.167. The zero-order valence-electron chi connectivity index (χ0n) is 20.4. The summed E-state index contributed by atoms with van der Waals surface area (Å²) in [5, 5.41) is 5.96. The van der Waals surface area contributed by atoms with Crippen molar-refractivity contribution in [2.24, 2.45) is 5.10 Å². The molecule has 0 heterocycles. The van der Waals surface area contributed by atoms with Crippen LogP contribution in [0.2, 0.25) is 0 Å². The van der Waals surface area contributed by atoms with Gasteiger partial charge in [-0.3, -0.25) is 4.79 Å². The quantitative estimate of drug-likeness (QED) is 0.100. The fourth-order valence-electron chi connectivity index (χ4n) is 3.60. The second-order valence-electron chi connectivity index (χ2n) is 8.38. The maximum absolute atomic E-state index is 12.7. The standard InChI is InChI=1S/C30H28N2O4/c1-3-4-19-35-25-16-13-23(14-17-25)29(33)32-31-20-27-26-8-6-5-7-22(26)15-18-28(27)36-30(34)24-11-9-21(2)10-12-24/h5-18,20H,3-4,19H2,1-2H3,(H,32,33). The molecule has 0 saturated carbocycles. The summed E-state index contributed by atoms with van der Waals surface area (Å²) in [7, 11) is 0. The van der Waals surface area contributed by atoms with Gasteiger partial charge in [0.1, 0.15) is 11.5 Å². The molecule has 1 amide bonds. The Morgan fingerprint density at radius 1 is 0.889 bits per heavy atom. The number of hydrazone groups is 1. The average Bonchev–Trinajstić information content (AvgIpc) is 2.90. The first-order valence-electron chi connectivity index (χ1n) is 11.9. The van der Waals surface area contributed by atoms with E-state index in [2.05, 4.69) is 17.5 Å². The van der Waals surface area contributed by atoms with E-state index in [0.29, 0.717) is 29.0 Å². The first kappa shape index (κ1) is 24.7. The Hall–Kier alpha value is -4.45. The number of rotatable bonds is 9. The monoisotopic (exact) mass is 480 g/mol. The minimum atomic E-state index is -0.467. The number of ether oxygens (including phenoxy) is 2. The molecule has 4 aromatic rings. The summed E-state index contributed by atoms with van der Waals surface area (Å²) in [6.45, 7) is 4.71. The van der Waals surface area contributed by atoms with Crippen LogP contribution in [0.15, 0.2) is 90.0 Å². The lowest BCUT2D eigenvalue weighted by Gasteiger charge is -2.11. The van der Waals surface area contributed by atoms with Gasteiger partial charge in [0.05, 0.1) is 18.4 Å². The maximum Gasteiger partial charge on any atom is 0.343 e. The van der Waals surface area contributed by atoms with Crippen LogP contribution in [0.25, 0.3) is 10.8 Å². The molecule has 0 bridgehead atoms. The van der Waals surface area contributed by atoms with Gasteiger partial charge in [-0.15, -0.1) is 0 Å². The van der Waals surface area contributed by atoms with Gasteiger partial charge >= 0.3 is 5.97 Å². The van der Waals surface area contributed by atoms with Crippen molar-refractivity contribution in [3.8, 4) is 11.5 Å². The van der Waals surface area contributed by atoms with E-state index in [4.69, 9.17) is 9.47 Å². The summed E-state index contributed by atoms with van der Waals surface area (Å²) in [5.74, 6) is 0.250.